The Kier molecular flexibility index (Phi) is 4.97. The van der Waals surface area contributed by atoms with Crippen molar-refractivity contribution >= 4 is 0 Å². The molecule has 0 heterocycles. The molecule has 2 aromatic carbocycles. The van der Waals surface area contributed by atoms with Crippen LogP contribution in [-0.2, 0) is 13.2 Å². The van der Waals surface area contributed by atoms with Crippen molar-refractivity contribution in [1.82, 2.24) is 0 Å². The molecule has 0 aromatic heterocycles. The third-order valence-corrected chi connectivity index (χ3v) is 3.61. The normalized spacial score (nSPS) is 11.0. The first kappa shape index (κ1) is 15.5. The first-order valence-corrected chi connectivity index (χ1v) is 7.22. The summed E-state index contributed by atoms with van der Waals surface area (Å²) in [5.41, 5.74) is 9.32. The van der Waals surface area contributed by atoms with Gasteiger partial charge >= 0.3 is 0 Å². The highest BCUT2D eigenvalue weighted by molar-refractivity contribution is 5.36. The van der Waals surface area contributed by atoms with Gasteiger partial charge in [-0.3, -0.25) is 0 Å². The van der Waals surface area contributed by atoms with E-state index in [-0.39, 0.29) is 12.4 Å². The summed E-state index contributed by atoms with van der Waals surface area (Å²) in [6.45, 7) is 6.96. The van der Waals surface area contributed by atoms with Gasteiger partial charge in [0, 0.05) is 12.1 Å². The fraction of sp³-hybridized carbons (Fsp3) is 0.333. The molecule has 0 fully saturated rings. The van der Waals surface area contributed by atoms with Gasteiger partial charge in [0.05, 0.1) is 0 Å². The summed E-state index contributed by atoms with van der Waals surface area (Å²) >= 11 is 0. The SMILES string of the molecule is Cc1cc(OCc2ccc(CN)cc2F)ccc1C(C)C. The Hall–Kier alpha value is -1.87. The highest BCUT2D eigenvalue weighted by atomic mass is 19.1. The molecule has 0 saturated heterocycles. The molecule has 2 aromatic rings. The summed E-state index contributed by atoms with van der Waals surface area (Å²) in [7, 11) is 0. The average Bonchev–Trinajstić information content (AvgIpc) is 2.45. The molecule has 0 aliphatic carbocycles. The van der Waals surface area contributed by atoms with Crippen LogP contribution in [0.1, 0.15) is 42.0 Å². The summed E-state index contributed by atoms with van der Waals surface area (Å²) in [4.78, 5) is 0. The fourth-order valence-corrected chi connectivity index (χ4v) is 2.38. The van der Waals surface area contributed by atoms with Crippen LogP contribution in [0.2, 0.25) is 0 Å². The van der Waals surface area contributed by atoms with Crippen LogP contribution in [0.3, 0.4) is 0 Å². The number of aryl methyl sites for hydroxylation is 1. The van der Waals surface area contributed by atoms with Crippen LogP contribution in [0.5, 0.6) is 5.75 Å². The molecule has 0 atom stereocenters. The molecule has 0 unspecified atom stereocenters. The van der Waals surface area contributed by atoms with Gasteiger partial charge in [0.25, 0.3) is 0 Å². The van der Waals surface area contributed by atoms with E-state index < -0.39 is 0 Å². The molecule has 3 heteroatoms. The molecular formula is C18H22FNO. The maximum Gasteiger partial charge on any atom is 0.130 e. The first-order chi connectivity index (χ1) is 10.0. The Bertz CT molecular complexity index is 623. The largest absolute Gasteiger partial charge is 0.489 e. The van der Waals surface area contributed by atoms with Crippen molar-refractivity contribution in [1.29, 1.82) is 0 Å². The molecule has 0 aliphatic heterocycles. The Morgan fingerprint density at radius 2 is 1.90 bits per heavy atom. The van der Waals surface area contributed by atoms with Crippen molar-refractivity contribution in [2.24, 2.45) is 5.73 Å². The second-order valence-corrected chi connectivity index (χ2v) is 5.59. The van der Waals surface area contributed by atoms with Gasteiger partial charge in [0.2, 0.25) is 0 Å². The van der Waals surface area contributed by atoms with E-state index in [0.29, 0.717) is 18.0 Å². The molecule has 0 aliphatic rings. The van der Waals surface area contributed by atoms with Crippen LogP contribution in [0.15, 0.2) is 36.4 Å². The summed E-state index contributed by atoms with van der Waals surface area (Å²) in [5, 5.41) is 0. The van der Waals surface area contributed by atoms with Crippen LogP contribution in [0.25, 0.3) is 0 Å². The highest BCUT2D eigenvalue weighted by Gasteiger charge is 2.07. The lowest BCUT2D eigenvalue weighted by Gasteiger charge is -2.13. The molecule has 0 bridgehead atoms. The standard InChI is InChI=1S/C18H22FNO/c1-12(2)17-7-6-16(8-13(17)3)21-11-15-5-4-14(10-20)9-18(15)19/h4-9,12H,10-11,20H2,1-3H3. The zero-order chi connectivity index (χ0) is 15.4. The Morgan fingerprint density at radius 3 is 2.48 bits per heavy atom. The van der Waals surface area contributed by atoms with Crippen LogP contribution < -0.4 is 10.5 Å². The smallest absolute Gasteiger partial charge is 0.130 e. The topological polar surface area (TPSA) is 35.2 Å². The van der Waals surface area contributed by atoms with Crippen molar-refractivity contribution in [3.8, 4) is 5.75 Å². The lowest BCUT2D eigenvalue weighted by Crippen LogP contribution is -2.02. The summed E-state index contributed by atoms with van der Waals surface area (Å²) in [6, 6.07) is 11.0. The number of hydrogen-bond donors (Lipinski definition) is 1. The molecule has 0 spiro atoms. The van der Waals surface area contributed by atoms with Crippen molar-refractivity contribution < 1.29 is 9.13 Å². The minimum absolute atomic E-state index is 0.219. The minimum Gasteiger partial charge on any atom is -0.489 e. The van der Waals surface area contributed by atoms with Gasteiger partial charge in [0.1, 0.15) is 18.2 Å². The molecule has 112 valence electrons. The van der Waals surface area contributed by atoms with E-state index in [4.69, 9.17) is 10.5 Å². The van der Waals surface area contributed by atoms with E-state index in [2.05, 4.69) is 26.8 Å². The second kappa shape index (κ2) is 6.72. The zero-order valence-electron chi connectivity index (χ0n) is 12.8. The van der Waals surface area contributed by atoms with Crippen molar-refractivity contribution in [3.63, 3.8) is 0 Å². The lowest BCUT2D eigenvalue weighted by atomic mass is 9.98. The van der Waals surface area contributed by atoms with Crippen LogP contribution in [0.4, 0.5) is 4.39 Å². The van der Waals surface area contributed by atoms with Gasteiger partial charge in [-0.15, -0.1) is 0 Å². The van der Waals surface area contributed by atoms with Gasteiger partial charge in [-0.25, -0.2) is 4.39 Å². The Balaban J connectivity index is 2.08. The van der Waals surface area contributed by atoms with Gasteiger partial charge in [-0.2, -0.15) is 0 Å². The molecule has 2 nitrogen and oxygen atoms in total. The maximum atomic E-state index is 13.9. The number of rotatable bonds is 5. The predicted octanol–water partition coefficient (Wildman–Crippen LogP) is 4.30. The highest BCUT2D eigenvalue weighted by Crippen LogP contribution is 2.24. The molecule has 2 N–H and O–H groups in total. The van der Waals surface area contributed by atoms with Gasteiger partial charge in [0.15, 0.2) is 0 Å². The molecule has 2 rings (SSSR count). The van der Waals surface area contributed by atoms with Gasteiger partial charge < -0.3 is 10.5 Å². The molecule has 0 saturated carbocycles. The lowest BCUT2D eigenvalue weighted by molar-refractivity contribution is 0.299. The summed E-state index contributed by atoms with van der Waals surface area (Å²) < 4.78 is 19.5. The first-order valence-electron chi connectivity index (χ1n) is 7.22. The summed E-state index contributed by atoms with van der Waals surface area (Å²) in [5.74, 6) is 0.980. The van der Waals surface area contributed by atoms with E-state index in [1.54, 1.807) is 6.07 Å². The van der Waals surface area contributed by atoms with Crippen LogP contribution in [0, 0.1) is 12.7 Å². The van der Waals surface area contributed by atoms with E-state index >= 15 is 0 Å². The predicted molar refractivity (Wildman–Crippen MR) is 83.9 cm³/mol. The Labute approximate surface area is 125 Å². The van der Waals surface area contributed by atoms with Gasteiger partial charge in [-0.05, 0) is 47.7 Å². The van der Waals surface area contributed by atoms with E-state index in [0.717, 1.165) is 11.3 Å². The second-order valence-electron chi connectivity index (χ2n) is 5.59. The zero-order valence-corrected chi connectivity index (χ0v) is 12.8. The Morgan fingerprint density at radius 1 is 1.14 bits per heavy atom. The molecule has 21 heavy (non-hydrogen) atoms. The number of hydrogen-bond acceptors (Lipinski definition) is 2. The number of benzene rings is 2. The van der Waals surface area contributed by atoms with E-state index in [9.17, 15) is 4.39 Å². The number of halogens is 1. The molecule has 0 radical (unpaired) electrons. The fourth-order valence-electron chi connectivity index (χ4n) is 2.38. The average molecular weight is 287 g/mol. The maximum absolute atomic E-state index is 13.9. The third kappa shape index (κ3) is 3.82. The van der Waals surface area contributed by atoms with Gasteiger partial charge in [-0.1, -0.05) is 32.0 Å². The monoisotopic (exact) mass is 287 g/mol. The van der Waals surface area contributed by atoms with Crippen molar-refractivity contribution in [2.75, 3.05) is 0 Å². The minimum atomic E-state index is -0.270. The number of ether oxygens (including phenoxy) is 1. The summed E-state index contributed by atoms with van der Waals surface area (Å²) in [6.07, 6.45) is 0. The van der Waals surface area contributed by atoms with E-state index in [1.807, 2.05) is 18.2 Å². The molecular weight excluding hydrogens is 265 g/mol. The van der Waals surface area contributed by atoms with E-state index in [1.165, 1.54) is 17.2 Å². The number of nitrogens with two attached hydrogens (primary N) is 1. The van der Waals surface area contributed by atoms with Crippen molar-refractivity contribution in [2.45, 2.75) is 39.8 Å². The van der Waals surface area contributed by atoms with Crippen LogP contribution in [-0.4, -0.2) is 0 Å². The quantitative estimate of drug-likeness (QED) is 0.890. The van der Waals surface area contributed by atoms with Crippen LogP contribution >= 0.6 is 0 Å². The van der Waals surface area contributed by atoms with Crippen molar-refractivity contribution in [3.05, 3.63) is 64.5 Å². The molecule has 0 amide bonds. The third-order valence-electron chi connectivity index (χ3n) is 3.61.